The van der Waals surface area contributed by atoms with E-state index in [-0.39, 0.29) is 16.5 Å². The number of hydrogen-bond acceptors (Lipinski definition) is 4. The van der Waals surface area contributed by atoms with Crippen LogP contribution in [-0.4, -0.2) is 22.2 Å². The molecule has 0 saturated carbocycles. The normalized spacial score (nSPS) is 10.8. The quantitative estimate of drug-likeness (QED) is 0.278. The Labute approximate surface area is 153 Å². The summed E-state index contributed by atoms with van der Waals surface area (Å²) in [6.07, 6.45) is 2.99. The number of halogens is 3. The van der Waals surface area contributed by atoms with Crippen LogP contribution < -0.4 is 5.43 Å². The van der Waals surface area contributed by atoms with Crippen molar-refractivity contribution in [2.45, 2.75) is 0 Å². The van der Waals surface area contributed by atoms with E-state index in [4.69, 9.17) is 11.6 Å². The van der Waals surface area contributed by atoms with Crippen LogP contribution in [0.3, 0.4) is 0 Å². The Hall–Kier alpha value is -0.940. The SMILES string of the molecule is O=C(NN=Cc1cc(I)c(O)c(I)c1)c1cccnc1Cl. The van der Waals surface area contributed by atoms with Crippen LogP contribution in [0.4, 0.5) is 0 Å². The fourth-order valence-electron chi connectivity index (χ4n) is 1.44. The minimum atomic E-state index is -0.437. The molecular weight excluding hydrogens is 519 g/mol. The van der Waals surface area contributed by atoms with E-state index < -0.39 is 5.91 Å². The van der Waals surface area contributed by atoms with Crippen molar-refractivity contribution in [1.82, 2.24) is 10.4 Å². The summed E-state index contributed by atoms with van der Waals surface area (Å²) in [6, 6.07) is 6.69. The lowest BCUT2D eigenvalue weighted by Gasteiger charge is -2.03. The second kappa shape index (κ2) is 7.36. The van der Waals surface area contributed by atoms with Crippen LogP contribution in [0.1, 0.15) is 15.9 Å². The van der Waals surface area contributed by atoms with Gasteiger partial charge in [0.2, 0.25) is 0 Å². The van der Waals surface area contributed by atoms with E-state index in [9.17, 15) is 9.90 Å². The maximum Gasteiger partial charge on any atom is 0.274 e. The molecule has 5 nitrogen and oxygen atoms in total. The van der Waals surface area contributed by atoms with Crippen molar-refractivity contribution in [1.29, 1.82) is 0 Å². The largest absolute Gasteiger partial charge is 0.506 e. The van der Waals surface area contributed by atoms with Gasteiger partial charge in [0.25, 0.3) is 5.91 Å². The predicted molar refractivity (Wildman–Crippen MR) is 97.8 cm³/mol. The molecule has 0 fully saturated rings. The first-order valence-electron chi connectivity index (χ1n) is 5.61. The smallest absolute Gasteiger partial charge is 0.274 e. The van der Waals surface area contributed by atoms with Crippen LogP contribution in [0, 0.1) is 7.14 Å². The first-order chi connectivity index (χ1) is 9.99. The fraction of sp³-hybridized carbons (Fsp3) is 0. The Balaban J connectivity index is 2.10. The lowest BCUT2D eigenvalue weighted by Crippen LogP contribution is -2.18. The summed E-state index contributed by atoms with van der Waals surface area (Å²) in [6.45, 7) is 0. The monoisotopic (exact) mass is 527 g/mol. The van der Waals surface area contributed by atoms with Gasteiger partial charge < -0.3 is 5.11 Å². The number of benzene rings is 1. The molecule has 0 unspecified atom stereocenters. The van der Waals surface area contributed by atoms with Gasteiger partial charge in [-0.15, -0.1) is 0 Å². The van der Waals surface area contributed by atoms with Gasteiger partial charge in [-0.25, -0.2) is 10.4 Å². The van der Waals surface area contributed by atoms with E-state index in [1.54, 1.807) is 24.3 Å². The fourth-order valence-corrected chi connectivity index (χ4v) is 3.46. The van der Waals surface area contributed by atoms with Crippen molar-refractivity contribution in [3.05, 3.63) is 53.9 Å². The number of carbonyl (C=O) groups is 1. The van der Waals surface area contributed by atoms with Crippen LogP contribution in [0.2, 0.25) is 5.15 Å². The molecule has 1 heterocycles. The van der Waals surface area contributed by atoms with Gasteiger partial charge in [0, 0.05) is 6.20 Å². The van der Waals surface area contributed by atoms with E-state index >= 15 is 0 Å². The number of nitrogens with one attached hydrogen (secondary N) is 1. The topological polar surface area (TPSA) is 74.6 Å². The van der Waals surface area contributed by atoms with Gasteiger partial charge in [0.1, 0.15) is 10.9 Å². The summed E-state index contributed by atoms with van der Waals surface area (Å²) < 4.78 is 1.42. The lowest BCUT2D eigenvalue weighted by molar-refractivity contribution is 0.0955. The number of pyridine rings is 1. The highest BCUT2D eigenvalue weighted by molar-refractivity contribution is 14.1. The zero-order chi connectivity index (χ0) is 15.4. The van der Waals surface area contributed by atoms with Crippen molar-refractivity contribution in [3.8, 4) is 5.75 Å². The highest BCUT2D eigenvalue weighted by Crippen LogP contribution is 2.26. The van der Waals surface area contributed by atoms with Gasteiger partial charge >= 0.3 is 0 Å². The van der Waals surface area contributed by atoms with E-state index in [0.29, 0.717) is 7.14 Å². The molecule has 2 N–H and O–H groups in total. The van der Waals surface area contributed by atoms with E-state index in [2.05, 4.69) is 15.5 Å². The van der Waals surface area contributed by atoms with E-state index in [1.807, 2.05) is 45.2 Å². The zero-order valence-electron chi connectivity index (χ0n) is 10.3. The molecule has 0 aliphatic rings. The first-order valence-corrected chi connectivity index (χ1v) is 8.14. The predicted octanol–water partition coefficient (Wildman–Crippen LogP) is 3.41. The van der Waals surface area contributed by atoms with Gasteiger partial charge in [-0.2, -0.15) is 5.10 Å². The molecule has 108 valence electrons. The summed E-state index contributed by atoms with van der Waals surface area (Å²) in [5.74, 6) is -0.202. The number of phenols is 1. The van der Waals surface area contributed by atoms with Crippen LogP contribution >= 0.6 is 56.8 Å². The maximum absolute atomic E-state index is 11.9. The minimum absolute atomic E-state index is 0.124. The molecule has 1 aromatic heterocycles. The van der Waals surface area contributed by atoms with Gasteiger partial charge in [0.15, 0.2) is 0 Å². The second-order valence-corrected chi connectivity index (χ2v) is 6.56. The van der Waals surface area contributed by atoms with Gasteiger partial charge in [-0.1, -0.05) is 11.6 Å². The molecule has 0 atom stereocenters. The number of nitrogens with zero attached hydrogens (tertiary/aromatic N) is 2. The second-order valence-electron chi connectivity index (χ2n) is 3.87. The molecule has 0 aliphatic carbocycles. The van der Waals surface area contributed by atoms with Crippen molar-refractivity contribution < 1.29 is 9.90 Å². The summed E-state index contributed by atoms with van der Waals surface area (Å²) in [4.78, 5) is 15.7. The number of hydrazone groups is 1. The Morgan fingerprint density at radius 3 is 2.67 bits per heavy atom. The van der Waals surface area contributed by atoms with Crippen molar-refractivity contribution in [2.24, 2.45) is 5.10 Å². The third-order valence-corrected chi connectivity index (χ3v) is 4.37. The molecule has 0 bridgehead atoms. The molecule has 21 heavy (non-hydrogen) atoms. The molecule has 2 rings (SSSR count). The van der Waals surface area contributed by atoms with Crippen LogP contribution in [-0.2, 0) is 0 Å². The molecule has 0 radical (unpaired) electrons. The average molecular weight is 527 g/mol. The standard InChI is InChI=1S/C13H8ClI2N3O2/c14-12-8(2-1-3-17-12)13(21)19-18-6-7-4-9(15)11(20)10(16)5-7/h1-6,20H,(H,19,21). The molecule has 0 saturated heterocycles. The Morgan fingerprint density at radius 2 is 2.05 bits per heavy atom. The number of amides is 1. The third-order valence-electron chi connectivity index (χ3n) is 2.42. The number of aromatic nitrogens is 1. The van der Waals surface area contributed by atoms with E-state index in [0.717, 1.165) is 5.56 Å². The molecule has 1 amide bonds. The Kier molecular flexibility index (Phi) is 5.76. The summed E-state index contributed by atoms with van der Waals surface area (Å²) in [5, 5.41) is 13.7. The minimum Gasteiger partial charge on any atom is -0.506 e. The molecule has 0 spiro atoms. The zero-order valence-corrected chi connectivity index (χ0v) is 15.4. The summed E-state index contributed by atoms with van der Waals surface area (Å²) in [5.41, 5.74) is 3.40. The molecule has 8 heteroatoms. The number of aromatic hydroxyl groups is 1. The lowest BCUT2D eigenvalue weighted by atomic mass is 10.2. The number of hydrogen-bond donors (Lipinski definition) is 2. The molecule has 2 aromatic rings. The highest BCUT2D eigenvalue weighted by Gasteiger charge is 2.09. The summed E-state index contributed by atoms with van der Waals surface area (Å²) in [7, 11) is 0. The molecule has 0 aliphatic heterocycles. The average Bonchev–Trinajstić information content (AvgIpc) is 2.45. The first kappa shape index (κ1) is 16.4. The summed E-state index contributed by atoms with van der Waals surface area (Å²) >= 11 is 9.87. The van der Waals surface area contributed by atoms with Crippen molar-refractivity contribution in [3.63, 3.8) is 0 Å². The van der Waals surface area contributed by atoms with Crippen LogP contribution in [0.5, 0.6) is 5.75 Å². The molecular formula is C13H8ClI2N3O2. The van der Waals surface area contributed by atoms with Gasteiger partial charge in [0.05, 0.1) is 18.9 Å². The maximum atomic E-state index is 11.9. The van der Waals surface area contributed by atoms with Gasteiger partial charge in [-0.3, -0.25) is 4.79 Å². The third kappa shape index (κ3) is 4.27. The number of rotatable bonds is 3. The highest BCUT2D eigenvalue weighted by atomic mass is 127. The van der Waals surface area contributed by atoms with E-state index in [1.165, 1.54) is 12.4 Å². The Morgan fingerprint density at radius 1 is 1.38 bits per heavy atom. The van der Waals surface area contributed by atoms with Gasteiger partial charge in [-0.05, 0) is 75.0 Å². The van der Waals surface area contributed by atoms with Crippen LogP contribution in [0.15, 0.2) is 35.6 Å². The van der Waals surface area contributed by atoms with Crippen LogP contribution in [0.25, 0.3) is 0 Å². The molecule has 1 aromatic carbocycles. The Bertz CT molecular complexity index is 699. The number of phenolic OH excluding ortho intramolecular Hbond substituents is 1. The van der Waals surface area contributed by atoms with Crippen molar-refractivity contribution >= 4 is 68.9 Å². The number of carbonyl (C=O) groups excluding carboxylic acids is 1. The van der Waals surface area contributed by atoms with Crippen molar-refractivity contribution in [2.75, 3.05) is 0 Å².